The second kappa shape index (κ2) is 4.17. The molecule has 84 valence electrons. The molecule has 0 fully saturated rings. The Hall–Kier alpha value is -1.49. The summed E-state index contributed by atoms with van der Waals surface area (Å²) in [5.41, 5.74) is 1.25. The minimum absolute atomic E-state index is 0.387. The monoisotopic (exact) mass is 283 g/mol. The number of aromatic nitrogens is 1. The number of halogens is 1. The zero-order valence-electron chi connectivity index (χ0n) is 8.83. The van der Waals surface area contributed by atoms with Crippen LogP contribution in [-0.4, -0.2) is 25.2 Å². The number of carbonyl (C=O) groups is 1. The molecule has 1 aromatic heterocycles. The van der Waals surface area contributed by atoms with E-state index in [1.807, 2.05) is 12.1 Å². The summed E-state index contributed by atoms with van der Waals surface area (Å²) in [6, 6.07) is 5.41. The van der Waals surface area contributed by atoms with Crippen LogP contribution in [0.15, 0.2) is 22.7 Å². The maximum absolute atomic E-state index is 11.3. The number of hydrogen-bond donors (Lipinski definition) is 1. The molecular formula is C11H10BrNO3. The molecule has 0 aliphatic carbocycles. The van der Waals surface area contributed by atoms with Gasteiger partial charge in [0.05, 0.1) is 19.7 Å². The normalized spacial score (nSPS) is 10.4. The summed E-state index contributed by atoms with van der Waals surface area (Å²) in [5, 5.41) is 0.918. The van der Waals surface area contributed by atoms with Crippen molar-refractivity contribution in [3.05, 3.63) is 28.4 Å². The molecular weight excluding hydrogens is 274 g/mol. The molecule has 0 amide bonds. The number of fused-ring (bicyclic) bond motifs is 1. The molecule has 5 heteroatoms. The van der Waals surface area contributed by atoms with Crippen molar-refractivity contribution in [3.63, 3.8) is 0 Å². The van der Waals surface area contributed by atoms with Gasteiger partial charge in [0, 0.05) is 15.9 Å². The van der Waals surface area contributed by atoms with Crippen molar-refractivity contribution in [2.24, 2.45) is 0 Å². The largest absolute Gasteiger partial charge is 0.497 e. The number of nitrogens with one attached hydrogen (secondary N) is 1. The molecule has 0 radical (unpaired) electrons. The zero-order valence-corrected chi connectivity index (χ0v) is 10.4. The first-order valence-corrected chi connectivity index (χ1v) is 5.39. The van der Waals surface area contributed by atoms with E-state index in [1.54, 1.807) is 13.2 Å². The van der Waals surface area contributed by atoms with Gasteiger partial charge in [0.15, 0.2) is 0 Å². The summed E-state index contributed by atoms with van der Waals surface area (Å²) >= 11 is 3.42. The van der Waals surface area contributed by atoms with Gasteiger partial charge in [-0.3, -0.25) is 0 Å². The Morgan fingerprint density at radius 3 is 2.69 bits per heavy atom. The molecule has 2 rings (SSSR count). The van der Waals surface area contributed by atoms with Crippen LogP contribution >= 0.6 is 15.9 Å². The number of benzene rings is 1. The number of rotatable bonds is 2. The Kier molecular flexibility index (Phi) is 2.87. The molecule has 16 heavy (non-hydrogen) atoms. The van der Waals surface area contributed by atoms with Gasteiger partial charge in [-0.15, -0.1) is 0 Å². The van der Waals surface area contributed by atoms with Crippen molar-refractivity contribution in [1.29, 1.82) is 0 Å². The highest BCUT2D eigenvalue weighted by molar-refractivity contribution is 9.10. The molecule has 1 aromatic carbocycles. The van der Waals surface area contributed by atoms with Gasteiger partial charge in [-0.05, 0) is 28.1 Å². The van der Waals surface area contributed by atoms with Crippen molar-refractivity contribution in [2.75, 3.05) is 14.2 Å². The van der Waals surface area contributed by atoms with E-state index in [4.69, 9.17) is 4.74 Å². The molecule has 0 aliphatic rings. The van der Waals surface area contributed by atoms with Crippen molar-refractivity contribution in [2.45, 2.75) is 0 Å². The fourth-order valence-corrected chi connectivity index (χ4v) is 2.06. The highest BCUT2D eigenvalue weighted by Crippen LogP contribution is 2.29. The van der Waals surface area contributed by atoms with Gasteiger partial charge in [0.1, 0.15) is 11.4 Å². The molecule has 0 unspecified atom stereocenters. The van der Waals surface area contributed by atoms with Gasteiger partial charge >= 0.3 is 5.97 Å². The Balaban J connectivity index is 2.61. The summed E-state index contributed by atoms with van der Waals surface area (Å²) in [7, 11) is 2.95. The number of hydrogen-bond acceptors (Lipinski definition) is 3. The number of H-pyrrole nitrogens is 1. The van der Waals surface area contributed by atoms with E-state index < -0.39 is 0 Å². The third-order valence-electron chi connectivity index (χ3n) is 2.30. The first-order chi connectivity index (χ1) is 7.65. The topological polar surface area (TPSA) is 51.3 Å². The summed E-state index contributed by atoms with van der Waals surface area (Å²) in [5.74, 6) is 0.333. The van der Waals surface area contributed by atoms with Crippen LogP contribution in [0.3, 0.4) is 0 Å². The molecule has 0 spiro atoms. The predicted molar refractivity (Wildman–Crippen MR) is 63.9 cm³/mol. The van der Waals surface area contributed by atoms with E-state index in [0.29, 0.717) is 5.69 Å². The van der Waals surface area contributed by atoms with Gasteiger partial charge in [-0.2, -0.15) is 0 Å². The molecule has 1 heterocycles. The maximum Gasteiger partial charge on any atom is 0.354 e. The van der Waals surface area contributed by atoms with Crippen molar-refractivity contribution >= 4 is 32.8 Å². The summed E-state index contributed by atoms with van der Waals surface area (Å²) < 4.78 is 10.6. The van der Waals surface area contributed by atoms with Crippen LogP contribution in [0.5, 0.6) is 5.75 Å². The Morgan fingerprint density at radius 1 is 1.31 bits per heavy atom. The first-order valence-electron chi connectivity index (χ1n) is 4.60. The Labute approximate surface area is 101 Å². The van der Waals surface area contributed by atoms with Gasteiger partial charge in [0.2, 0.25) is 0 Å². The van der Waals surface area contributed by atoms with Crippen molar-refractivity contribution < 1.29 is 14.3 Å². The lowest BCUT2D eigenvalue weighted by molar-refractivity contribution is 0.0595. The average Bonchev–Trinajstić information content (AvgIpc) is 2.72. The number of methoxy groups -OCH3 is 2. The molecule has 4 nitrogen and oxygen atoms in total. The minimum atomic E-state index is -0.387. The average molecular weight is 284 g/mol. The lowest BCUT2D eigenvalue weighted by atomic mass is 10.2. The maximum atomic E-state index is 11.3. The van der Waals surface area contributed by atoms with E-state index in [9.17, 15) is 4.79 Å². The summed E-state index contributed by atoms with van der Waals surface area (Å²) in [6.45, 7) is 0. The quantitative estimate of drug-likeness (QED) is 0.863. The first kappa shape index (κ1) is 11.0. The van der Waals surface area contributed by atoms with Crippen LogP contribution in [0.4, 0.5) is 0 Å². The smallest absolute Gasteiger partial charge is 0.354 e. The number of aromatic amines is 1. The highest BCUT2D eigenvalue weighted by Gasteiger charge is 2.12. The van der Waals surface area contributed by atoms with Crippen LogP contribution in [0.1, 0.15) is 10.5 Å². The number of ether oxygens (including phenoxy) is 2. The van der Waals surface area contributed by atoms with Crippen LogP contribution in [0.2, 0.25) is 0 Å². The lowest BCUT2D eigenvalue weighted by Gasteiger charge is -2.00. The molecule has 2 aromatic rings. The predicted octanol–water partition coefficient (Wildman–Crippen LogP) is 2.73. The number of carbonyl (C=O) groups excluding carboxylic acids is 1. The summed E-state index contributed by atoms with van der Waals surface area (Å²) in [4.78, 5) is 14.3. The zero-order chi connectivity index (χ0) is 11.7. The molecule has 0 saturated carbocycles. The second-order valence-electron chi connectivity index (χ2n) is 3.25. The van der Waals surface area contributed by atoms with E-state index >= 15 is 0 Å². The van der Waals surface area contributed by atoms with Gasteiger partial charge in [-0.1, -0.05) is 0 Å². The van der Waals surface area contributed by atoms with E-state index in [0.717, 1.165) is 21.1 Å². The van der Waals surface area contributed by atoms with E-state index in [1.165, 1.54) is 7.11 Å². The van der Waals surface area contributed by atoms with Gasteiger partial charge in [-0.25, -0.2) is 4.79 Å². The second-order valence-corrected chi connectivity index (χ2v) is 4.10. The van der Waals surface area contributed by atoms with Crippen molar-refractivity contribution in [1.82, 2.24) is 4.98 Å². The van der Waals surface area contributed by atoms with Crippen LogP contribution < -0.4 is 4.74 Å². The van der Waals surface area contributed by atoms with Crippen molar-refractivity contribution in [3.8, 4) is 5.75 Å². The molecule has 1 N–H and O–H groups in total. The molecule has 0 saturated heterocycles. The molecule has 0 bridgehead atoms. The highest BCUT2D eigenvalue weighted by atomic mass is 79.9. The molecule has 0 aliphatic heterocycles. The molecule has 0 atom stereocenters. The van der Waals surface area contributed by atoms with Crippen LogP contribution in [0.25, 0.3) is 10.9 Å². The van der Waals surface area contributed by atoms with Crippen LogP contribution in [0, 0.1) is 0 Å². The number of esters is 1. The minimum Gasteiger partial charge on any atom is -0.497 e. The lowest BCUT2D eigenvalue weighted by Crippen LogP contribution is -2.00. The Bertz CT molecular complexity index is 547. The third-order valence-corrected chi connectivity index (χ3v) is 2.96. The van der Waals surface area contributed by atoms with Gasteiger partial charge in [0.25, 0.3) is 0 Å². The Morgan fingerprint density at radius 2 is 2.06 bits per heavy atom. The standard InChI is InChI=1S/C11H10BrNO3/c1-15-6-3-8(12)7-5-10(11(14)16-2)13-9(7)4-6/h3-5,13H,1-2H3. The van der Waals surface area contributed by atoms with E-state index in [-0.39, 0.29) is 5.97 Å². The van der Waals surface area contributed by atoms with Crippen LogP contribution in [-0.2, 0) is 4.74 Å². The third kappa shape index (κ3) is 1.78. The summed E-state index contributed by atoms with van der Waals surface area (Å²) in [6.07, 6.45) is 0. The van der Waals surface area contributed by atoms with Gasteiger partial charge < -0.3 is 14.5 Å². The SMILES string of the molecule is COC(=O)c1cc2c(Br)cc(OC)cc2[nH]1. The fraction of sp³-hybridized carbons (Fsp3) is 0.182. The fourth-order valence-electron chi connectivity index (χ4n) is 1.51. The van der Waals surface area contributed by atoms with E-state index in [2.05, 4.69) is 25.7 Å².